The topological polar surface area (TPSA) is 41.6 Å². The number of nitrogens with one attached hydrogen (secondary N) is 1. The molecule has 1 aromatic rings. The molecule has 0 unspecified atom stereocenters. The Labute approximate surface area is 139 Å². The van der Waals surface area contributed by atoms with Gasteiger partial charge in [0.15, 0.2) is 0 Å². The maximum atomic E-state index is 12.0. The van der Waals surface area contributed by atoms with Crippen molar-refractivity contribution in [3.05, 3.63) is 41.5 Å². The van der Waals surface area contributed by atoms with Gasteiger partial charge >= 0.3 is 0 Å². The summed E-state index contributed by atoms with van der Waals surface area (Å²) in [4.78, 5) is 14.5. The van der Waals surface area contributed by atoms with Crippen molar-refractivity contribution in [1.82, 2.24) is 10.2 Å². The van der Waals surface area contributed by atoms with Gasteiger partial charge in [0.25, 0.3) is 0 Å². The predicted molar refractivity (Wildman–Crippen MR) is 93.5 cm³/mol. The Morgan fingerprint density at radius 1 is 1.35 bits per heavy atom. The molecule has 0 saturated carbocycles. The summed E-state index contributed by atoms with van der Waals surface area (Å²) in [6.45, 7) is 6.83. The van der Waals surface area contributed by atoms with Crippen LogP contribution in [0.1, 0.15) is 38.7 Å². The lowest BCUT2D eigenvalue weighted by Gasteiger charge is -2.32. The molecule has 126 valence electrons. The molecule has 0 spiro atoms. The molecule has 0 radical (unpaired) electrons. The Bertz CT molecular complexity index is 546. The molecule has 1 saturated heterocycles. The first kappa shape index (κ1) is 17.5. The van der Waals surface area contributed by atoms with Crippen LogP contribution >= 0.6 is 0 Å². The van der Waals surface area contributed by atoms with E-state index in [9.17, 15) is 4.79 Å². The molecule has 0 bridgehead atoms. The van der Waals surface area contributed by atoms with Crippen LogP contribution in [0.15, 0.2) is 35.9 Å². The summed E-state index contributed by atoms with van der Waals surface area (Å²) in [5.74, 6) is 1.03. The molecule has 0 atom stereocenters. The van der Waals surface area contributed by atoms with Crippen LogP contribution in [0.4, 0.5) is 0 Å². The molecule has 23 heavy (non-hydrogen) atoms. The third-order valence-electron chi connectivity index (χ3n) is 4.38. The minimum atomic E-state index is 0.0787. The SMILES string of the molecule is CC/C=C(/C)C(=O)NC1CCN(Cc2ccccc2OC)CC1. The summed E-state index contributed by atoms with van der Waals surface area (Å²) in [5.41, 5.74) is 2.04. The van der Waals surface area contributed by atoms with Gasteiger partial charge in [0.2, 0.25) is 5.91 Å². The molecular weight excluding hydrogens is 288 g/mol. The minimum absolute atomic E-state index is 0.0787. The fourth-order valence-corrected chi connectivity index (χ4v) is 3.01. The second-order valence-electron chi connectivity index (χ2n) is 6.13. The molecule has 1 heterocycles. The third-order valence-corrected chi connectivity index (χ3v) is 4.38. The molecule has 1 aliphatic rings. The fraction of sp³-hybridized carbons (Fsp3) is 0.526. The fourth-order valence-electron chi connectivity index (χ4n) is 3.01. The summed E-state index contributed by atoms with van der Waals surface area (Å²) < 4.78 is 5.42. The summed E-state index contributed by atoms with van der Waals surface area (Å²) in [7, 11) is 1.72. The van der Waals surface area contributed by atoms with Crippen LogP contribution in [0.3, 0.4) is 0 Å². The van der Waals surface area contributed by atoms with Crippen molar-refractivity contribution in [2.45, 2.75) is 45.7 Å². The van der Waals surface area contributed by atoms with Crippen LogP contribution in [-0.4, -0.2) is 37.0 Å². The molecule has 0 aromatic heterocycles. The lowest BCUT2D eigenvalue weighted by atomic mass is 10.0. The number of rotatable bonds is 6. The molecule has 4 heteroatoms. The van der Waals surface area contributed by atoms with Gasteiger partial charge in [-0.15, -0.1) is 0 Å². The Morgan fingerprint density at radius 2 is 2.04 bits per heavy atom. The van der Waals surface area contributed by atoms with Crippen molar-refractivity contribution in [2.24, 2.45) is 0 Å². The van der Waals surface area contributed by atoms with E-state index in [0.29, 0.717) is 0 Å². The molecule has 0 aliphatic carbocycles. The number of nitrogens with zero attached hydrogens (tertiary/aromatic N) is 1. The van der Waals surface area contributed by atoms with Gasteiger partial charge in [0.05, 0.1) is 7.11 Å². The zero-order chi connectivity index (χ0) is 16.7. The minimum Gasteiger partial charge on any atom is -0.496 e. The number of benzene rings is 1. The summed E-state index contributed by atoms with van der Waals surface area (Å²) in [6.07, 6.45) is 4.88. The van der Waals surface area contributed by atoms with Gasteiger partial charge < -0.3 is 10.1 Å². The van der Waals surface area contributed by atoms with E-state index in [4.69, 9.17) is 4.74 Å². The molecule has 2 rings (SSSR count). The van der Waals surface area contributed by atoms with Crippen LogP contribution in [0, 0.1) is 0 Å². The zero-order valence-electron chi connectivity index (χ0n) is 14.5. The molecule has 1 fully saturated rings. The normalized spacial score (nSPS) is 17.1. The van der Waals surface area contributed by atoms with Gasteiger partial charge in [-0.05, 0) is 32.3 Å². The van der Waals surface area contributed by atoms with Gasteiger partial charge in [-0.2, -0.15) is 0 Å². The van der Waals surface area contributed by atoms with E-state index in [-0.39, 0.29) is 11.9 Å². The summed E-state index contributed by atoms with van der Waals surface area (Å²) >= 11 is 0. The molecular formula is C19H28N2O2. The van der Waals surface area contributed by atoms with Gasteiger partial charge in [-0.1, -0.05) is 31.2 Å². The third kappa shape index (κ3) is 5.10. The quantitative estimate of drug-likeness (QED) is 0.820. The summed E-state index contributed by atoms with van der Waals surface area (Å²) in [6, 6.07) is 8.46. The van der Waals surface area contributed by atoms with Gasteiger partial charge in [-0.25, -0.2) is 0 Å². The van der Waals surface area contributed by atoms with Crippen LogP contribution in [0.25, 0.3) is 0 Å². The van der Waals surface area contributed by atoms with Crippen molar-refractivity contribution in [3.63, 3.8) is 0 Å². The van der Waals surface area contributed by atoms with E-state index in [1.165, 1.54) is 5.56 Å². The van der Waals surface area contributed by atoms with Gasteiger partial charge in [0, 0.05) is 36.8 Å². The Hall–Kier alpha value is -1.81. The molecule has 4 nitrogen and oxygen atoms in total. The number of hydrogen-bond donors (Lipinski definition) is 1. The highest BCUT2D eigenvalue weighted by atomic mass is 16.5. The number of carbonyl (C=O) groups is 1. The molecule has 1 aliphatic heterocycles. The number of hydrogen-bond acceptors (Lipinski definition) is 3. The number of allylic oxidation sites excluding steroid dienone is 1. The Balaban J connectivity index is 1.82. The number of likely N-dealkylation sites (tertiary alicyclic amines) is 1. The number of ether oxygens (including phenoxy) is 1. The summed E-state index contributed by atoms with van der Waals surface area (Å²) in [5, 5.41) is 3.15. The number of methoxy groups -OCH3 is 1. The largest absolute Gasteiger partial charge is 0.496 e. The van der Waals surface area contributed by atoms with Crippen molar-refractivity contribution in [3.8, 4) is 5.75 Å². The highest BCUT2D eigenvalue weighted by Gasteiger charge is 2.21. The Morgan fingerprint density at radius 3 is 2.70 bits per heavy atom. The average molecular weight is 316 g/mol. The van der Waals surface area contributed by atoms with Crippen LogP contribution in [0.5, 0.6) is 5.75 Å². The zero-order valence-corrected chi connectivity index (χ0v) is 14.5. The lowest BCUT2D eigenvalue weighted by molar-refractivity contribution is -0.118. The van der Waals surface area contributed by atoms with Crippen molar-refractivity contribution >= 4 is 5.91 Å². The number of amides is 1. The van der Waals surface area contributed by atoms with Crippen molar-refractivity contribution in [2.75, 3.05) is 20.2 Å². The van der Waals surface area contributed by atoms with Gasteiger partial charge in [0.1, 0.15) is 5.75 Å². The smallest absolute Gasteiger partial charge is 0.246 e. The standard InChI is InChI=1S/C19H28N2O2/c1-4-7-15(2)19(22)20-17-10-12-21(13-11-17)14-16-8-5-6-9-18(16)23-3/h5-9,17H,4,10-14H2,1-3H3,(H,20,22)/b15-7-. The van der Waals surface area contributed by atoms with Crippen LogP contribution in [-0.2, 0) is 11.3 Å². The lowest BCUT2D eigenvalue weighted by Crippen LogP contribution is -2.44. The first-order valence-corrected chi connectivity index (χ1v) is 8.46. The van der Waals surface area contributed by atoms with E-state index in [1.807, 2.05) is 38.1 Å². The second-order valence-corrected chi connectivity index (χ2v) is 6.13. The number of para-hydroxylation sites is 1. The van der Waals surface area contributed by atoms with E-state index in [1.54, 1.807) is 7.11 Å². The highest BCUT2D eigenvalue weighted by molar-refractivity contribution is 5.92. The van der Waals surface area contributed by atoms with Crippen LogP contribution in [0.2, 0.25) is 0 Å². The van der Waals surface area contributed by atoms with Crippen LogP contribution < -0.4 is 10.1 Å². The predicted octanol–water partition coefficient (Wildman–Crippen LogP) is 3.13. The Kier molecular flexibility index (Phi) is 6.66. The maximum absolute atomic E-state index is 12.0. The van der Waals surface area contributed by atoms with Crippen molar-refractivity contribution in [1.29, 1.82) is 0 Å². The van der Waals surface area contributed by atoms with E-state index >= 15 is 0 Å². The van der Waals surface area contributed by atoms with Crippen molar-refractivity contribution < 1.29 is 9.53 Å². The number of piperidine rings is 1. The average Bonchev–Trinajstić information content (AvgIpc) is 2.57. The molecule has 1 aromatic carbocycles. The monoisotopic (exact) mass is 316 g/mol. The molecule has 1 amide bonds. The highest BCUT2D eigenvalue weighted by Crippen LogP contribution is 2.21. The van der Waals surface area contributed by atoms with E-state index in [2.05, 4.69) is 16.3 Å². The molecule has 1 N–H and O–H groups in total. The first-order valence-electron chi connectivity index (χ1n) is 8.46. The second kappa shape index (κ2) is 8.73. The van der Waals surface area contributed by atoms with Gasteiger partial charge in [-0.3, -0.25) is 9.69 Å². The maximum Gasteiger partial charge on any atom is 0.246 e. The number of carbonyl (C=O) groups excluding carboxylic acids is 1. The van der Waals surface area contributed by atoms with E-state index in [0.717, 1.165) is 50.2 Å². The van der Waals surface area contributed by atoms with E-state index < -0.39 is 0 Å². The first-order chi connectivity index (χ1) is 11.1.